The van der Waals surface area contributed by atoms with E-state index in [4.69, 9.17) is 32.7 Å². The summed E-state index contributed by atoms with van der Waals surface area (Å²) in [5, 5.41) is 4.01. The molecule has 4 rings (SSSR count). The Morgan fingerprint density at radius 1 is 1.10 bits per heavy atom. The van der Waals surface area contributed by atoms with Crippen LogP contribution in [0.5, 0.6) is 11.5 Å². The minimum Gasteiger partial charge on any atom is -0.493 e. The molecule has 0 unspecified atom stereocenters. The van der Waals surface area contributed by atoms with Gasteiger partial charge < -0.3 is 14.5 Å². The summed E-state index contributed by atoms with van der Waals surface area (Å²) < 4.78 is 10.5. The third-order valence-electron chi connectivity index (χ3n) is 4.32. The smallest absolute Gasteiger partial charge is 0.259 e. The Balaban J connectivity index is 1.70. The van der Waals surface area contributed by atoms with E-state index >= 15 is 0 Å². The number of hydrogen-bond acceptors (Lipinski definition) is 6. The van der Waals surface area contributed by atoms with Crippen molar-refractivity contribution in [2.75, 3.05) is 14.2 Å². The lowest BCUT2D eigenvalue weighted by molar-refractivity contribution is 0.355. The molecule has 30 heavy (non-hydrogen) atoms. The summed E-state index contributed by atoms with van der Waals surface area (Å²) in [7, 11) is 3.02. The molecule has 0 bridgehead atoms. The fourth-order valence-corrected chi connectivity index (χ4v) is 3.97. The molecule has 6 nitrogen and oxygen atoms in total. The molecule has 0 saturated heterocycles. The van der Waals surface area contributed by atoms with Crippen molar-refractivity contribution in [1.82, 2.24) is 15.0 Å². The fourth-order valence-electron chi connectivity index (χ4n) is 2.85. The predicted molar refractivity (Wildman–Crippen MR) is 122 cm³/mol. The first-order valence-electron chi connectivity index (χ1n) is 8.73. The van der Waals surface area contributed by atoms with Crippen LogP contribution in [-0.2, 0) is 0 Å². The molecule has 0 atom stereocenters. The number of benzene rings is 2. The topological polar surface area (TPSA) is 77.1 Å². The number of fused-ring (bicyclic) bond motifs is 1. The zero-order valence-electron chi connectivity index (χ0n) is 15.9. The summed E-state index contributed by atoms with van der Waals surface area (Å²) in [5.41, 5.74) is 1.73. The van der Waals surface area contributed by atoms with E-state index in [1.165, 1.54) is 25.6 Å². The Bertz CT molecular complexity index is 1310. The second kappa shape index (κ2) is 8.47. The van der Waals surface area contributed by atoms with Gasteiger partial charge in [-0.25, -0.2) is 9.97 Å². The lowest BCUT2D eigenvalue weighted by atomic mass is 10.2. The van der Waals surface area contributed by atoms with E-state index in [-0.39, 0.29) is 16.4 Å². The van der Waals surface area contributed by atoms with Crippen LogP contribution in [0.3, 0.4) is 0 Å². The Labute approximate surface area is 185 Å². The van der Waals surface area contributed by atoms with Gasteiger partial charge in [-0.1, -0.05) is 35.3 Å². The highest BCUT2D eigenvalue weighted by Crippen LogP contribution is 2.31. The molecule has 0 radical (unpaired) electrons. The van der Waals surface area contributed by atoms with Crippen LogP contribution in [0.2, 0.25) is 5.02 Å². The van der Waals surface area contributed by atoms with Crippen molar-refractivity contribution in [3.05, 3.63) is 68.7 Å². The van der Waals surface area contributed by atoms with Crippen molar-refractivity contribution in [2.45, 2.75) is 0 Å². The number of rotatable bonds is 5. The normalized spacial score (nSPS) is 11.7. The van der Waals surface area contributed by atoms with Crippen LogP contribution in [0.25, 0.3) is 32.6 Å². The summed E-state index contributed by atoms with van der Waals surface area (Å²) in [4.78, 5) is 24.3. The highest BCUT2D eigenvalue weighted by atomic mass is 35.5. The lowest BCUT2D eigenvalue weighted by Crippen LogP contribution is -2.11. The van der Waals surface area contributed by atoms with Crippen molar-refractivity contribution in [2.24, 2.45) is 0 Å². The molecule has 2 aromatic heterocycles. The average molecular weight is 460 g/mol. The van der Waals surface area contributed by atoms with Crippen LogP contribution in [0.4, 0.5) is 0 Å². The van der Waals surface area contributed by atoms with Gasteiger partial charge in [0.15, 0.2) is 17.3 Å². The number of H-pyrrole nitrogens is 1. The summed E-state index contributed by atoms with van der Waals surface area (Å²) in [6.07, 6.45) is 1.66. The molecule has 0 fully saturated rings. The summed E-state index contributed by atoms with van der Waals surface area (Å²) in [5.74, 6) is 1.16. The Kier molecular flexibility index (Phi) is 5.76. The van der Waals surface area contributed by atoms with E-state index in [2.05, 4.69) is 15.0 Å². The molecule has 0 spiro atoms. The van der Waals surface area contributed by atoms with Crippen LogP contribution >= 0.6 is 34.5 Å². The highest BCUT2D eigenvalue weighted by molar-refractivity contribution is 7.13. The minimum absolute atomic E-state index is 0.238. The average Bonchev–Trinajstić information content (AvgIpc) is 3.21. The van der Waals surface area contributed by atoms with Crippen molar-refractivity contribution in [1.29, 1.82) is 0 Å². The quantitative estimate of drug-likeness (QED) is 0.428. The van der Waals surface area contributed by atoms with Crippen LogP contribution in [-0.4, -0.2) is 29.2 Å². The molecule has 0 aliphatic heterocycles. The number of halogens is 2. The number of nitrogens with zero attached hydrogens (tertiary/aromatic N) is 2. The summed E-state index contributed by atoms with van der Waals surface area (Å²) in [6, 6.07) is 10.7. The molecule has 2 aromatic carbocycles. The predicted octanol–water partition coefficient (Wildman–Crippen LogP) is 5.45. The van der Waals surface area contributed by atoms with Gasteiger partial charge in [0.1, 0.15) is 5.01 Å². The summed E-state index contributed by atoms with van der Waals surface area (Å²) >= 11 is 13.9. The van der Waals surface area contributed by atoms with E-state index in [0.29, 0.717) is 33.1 Å². The van der Waals surface area contributed by atoms with E-state index in [9.17, 15) is 4.79 Å². The van der Waals surface area contributed by atoms with Gasteiger partial charge in [0, 0.05) is 22.0 Å². The monoisotopic (exact) mass is 459 g/mol. The SMILES string of the molecule is COc1cc2nc(/C(Cl)=C/c3csc(-c4ccc(Cl)cc4)n3)[nH]c(=O)c2cc1OC. The molecule has 0 saturated carbocycles. The molecule has 4 aromatic rings. The molecule has 1 N–H and O–H groups in total. The molecule has 152 valence electrons. The van der Waals surface area contributed by atoms with Gasteiger partial charge >= 0.3 is 0 Å². The minimum atomic E-state index is -0.331. The van der Waals surface area contributed by atoms with E-state index in [1.807, 2.05) is 29.6 Å². The van der Waals surface area contributed by atoms with Crippen LogP contribution < -0.4 is 15.0 Å². The first-order valence-corrected chi connectivity index (χ1v) is 10.4. The Morgan fingerprint density at radius 2 is 1.80 bits per heavy atom. The lowest BCUT2D eigenvalue weighted by Gasteiger charge is -2.09. The van der Waals surface area contributed by atoms with E-state index in [1.54, 1.807) is 18.2 Å². The molecule has 0 amide bonds. The van der Waals surface area contributed by atoms with Crippen LogP contribution in [0.1, 0.15) is 11.5 Å². The molecular formula is C21H15Cl2N3O3S. The number of aromatic amines is 1. The highest BCUT2D eigenvalue weighted by Gasteiger charge is 2.13. The first-order chi connectivity index (χ1) is 14.5. The van der Waals surface area contributed by atoms with E-state index in [0.717, 1.165) is 10.6 Å². The number of aromatic nitrogens is 3. The largest absolute Gasteiger partial charge is 0.493 e. The van der Waals surface area contributed by atoms with Gasteiger partial charge in [-0.3, -0.25) is 4.79 Å². The maximum Gasteiger partial charge on any atom is 0.259 e. The van der Waals surface area contributed by atoms with Gasteiger partial charge in [0.25, 0.3) is 5.56 Å². The van der Waals surface area contributed by atoms with Crippen molar-refractivity contribution in [3.8, 4) is 22.1 Å². The zero-order valence-corrected chi connectivity index (χ0v) is 18.2. The number of hydrogen-bond donors (Lipinski definition) is 1. The number of nitrogens with one attached hydrogen (secondary N) is 1. The molecule has 0 aliphatic rings. The Hall–Kier alpha value is -2.87. The number of methoxy groups -OCH3 is 2. The molecule has 0 aliphatic carbocycles. The van der Waals surface area contributed by atoms with Gasteiger partial charge in [-0.15, -0.1) is 11.3 Å². The van der Waals surface area contributed by atoms with E-state index < -0.39 is 0 Å². The van der Waals surface area contributed by atoms with Crippen molar-refractivity contribution in [3.63, 3.8) is 0 Å². The third-order valence-corrected chi connectivity index (χ3v) is 5.77. The second-order valence-electron chi connectivity index (χ2n) is 6.22. The third kappa shape index (κ3) is 4.05. The fraction of sp³-hybridized carbons (Fsp3) is 0.0952. The maximum absolute atomic E-state index is 12.5. The van der Waals surface area contributed by atoms with Gasteiger partial charge in [-0.2, -0.15) is 0 Å². The number of thiazole rings is 1. The second-order valence-corrected chi connectivity index (χ2v) is 7.92. The van der Waals surface area contributed by atoms with Gasteiger partial charge in [0.2, 0.25) is 0 Å². The van der Waals surface area contributed by atoms with Crippen LogP contribution in [0, 0.1) is 0 Å². The maximum atomic E-state index is 12.5. The summed E-state index contributed by atoms with van der Waals surface area (Å²) in [6.45, 7) is 0. The Morgan fingerprint density at radius 3 is 2.50 bits per heavy atom. The standard InChI is InChI=1S/C21H15Cl2N3O3S/c1-28-17-8-14-16(9-18(17)29-2)25-19(26-20(14)27)15(23)7-13-10-30-21(24-13)11-3-5-12(22)6-4-11/h3-10H,1-2H3,(H,25,26,27)/b15-7-. The zero-order chi connectivity index (χ0) is 21.3. The van der Waals surface area contributed by atoms with Crippen molar-refractivity contribution >= 4 is 56.5 Å². The van der Waals surface area contributed by atoms with Crippen LogP contribution in [0.15, 0.2) is 46.6 Å². The molecular weight excluding hydrogens is 445 g/mol. The molecule has 9 heteroatoms. The number of ether oxygens (including phenoxy) is 2. The van der Waals surface area contributed by atoms with Gasteiger partial charge in [-0.05, 0) is 24.3 Å². The molecule has 2 heterocycles. The van der Waals surface area contributed by atoms with Gasteiger partial charge in [0.05, 0.1) is 35.8 Å². The first kappa shape index (κ1) is 20.4. The van der Waals surface area contributed by atoms with Crippen molar-refractivity contribution < 1.29 is 9.47 Å².